The van der Waals surface area contributed by atoms with Gasteiger partial charge in [-0.2, -0.15) is 22.0 Å². The number of hydrogen-bond donors (Lipinski definition) is 0. The molecule has 0 atom stereocenters. The molecule has 0 saturated heterocycles. The molecule has 0 spiro atoms. The first kappa shape index (κ1) is 22.2. The van der Waals surface area contributed by atoms with Gasteiger partial charge in [0.15, 0.2) is 11.5 Å². The van der Waals surface area contributed by atoms with Crippen molar-refractivity contribution in [2.75, 3.05) is 14.2 Å². The van der Waals surface area contributed by atoms with Crippen LogP contribution in [0.5, 0.6) is 11.5 Å². The predicted molar refractivity (Wildman–Crippen MR) is 96.6 cm³/mol. The number of carbonyl (C=O) groups is 1. The van der Waals surface area contributed by atoms with Gasteiger partial charge in [0.2, 0.25) is 5.91 Å². The minimum atomic E-state index is -4.43. The van der Waals surface area contributed by atoms with Crippen molar-refractivity contribution in [3.05, 3.63) is 65.2 Å². The van der Waals surface area contributed by atoms with Gasteiger partial charge in [-0.05, 0) is 29.8 Å². The van der Waals surface area contributed by atoms with Gasteiger partial charge in [-0.3, -0.25) is 4.79 Å². The van der Waals surface area contributed by atoms with E-state index in [2.05, 4.69) is 4.74 Å². The maximum absolute atomic E-state index is 12.6. The van der Waals surface area contributed by atoms with E-state index in [-0.39, 0.29) is 23.6 Å². The molecule has 0 radical (unpaired) electrons. The topological polar surface area (TPSA) is 38.8 Å². The van der Waals surface area contributed by atoms with Gasteiger partial charge in [-0.15, -0.1) is 0 Å². The summed E-state index contributed by atoms with van der Waals surface area (Å²) in [5.41, 5.74) is -0.0639. The van der Waals surface area contributed by atoms with E-state index < -0.39 is 24.3 Å². The molecule has 0 fully saturated rings. The zero-order chi connectivity index (χ0) is 21.6. The zero-order valence-electron chi connectivity index (χ0n) is 15.5. The number of benzene rings is 2. The Hall–Kier alpha value is -3.10. The summed E-state index contributed by atoms with van der Waals surface area (Å²) >= 11 is 0. The van der Waals surface area contributed by atoms with E-state index in [1.807, 2.05) is 0 Å². The first-order valence-corrected chi connectivity index (χ1v) is 8.33. The van der Waals surface area contributed by atoms with Gasteiger partial charge < -0.3 is 14.4 Å². The van der Waals surface area contributed by atoms with Crippen molar-refractivity contribution in [1.29, 1.82) is 0 Å². The van der Waals surface area contributed by atoms with E-state index in [9.17, 15) is 26.7 Å². The SMILES string of the molecule is COc1cccc(/C=C/C(=O)N(C)Cc2ccc(C(F)(F)F)cc2)c1OC(F)F. The average Bonchev–Trinajstić information content (AvgIpc) is 2.66. The van der Waals surface area contributed by atoms with Crippen LogP contribution in [0, 0.1) is 0 Å². The molecule has 156 valence electrons. The highest BCUT2D eigenvalue weighted by molar-refractivity contribution is 5.92. The van der Waals surface area contributed by atoms with Crippen LogP contribution >= 0.6 is 0 Å². The molecule has 0 aliphatic rings. The fourth-order valence-corrected chi connectivity index (χ4v) is 2.48. The van der Waals surface area contributed by atoms with E-state index >= 15 is 0 Å². The maximum atomic E-state index is 12.6. The van der Waals surface area contributed by atoms with Crippen LogP contribution in [-0.4, -0.2) is 31.6 Å². The molecule has 0 heterocycles. The Bertz CT molecular complexity index is 863. The molecule has 0 bridgehead atoms. The van der Waals surface area contributed by atoms with Crippen LogP contribution in [0.1, 0.15) is 16.7 Å². The standard InChI is InChI=1S/C20H18F5NO3/c1-26(12-13-6-9-15(10-7-13)20(23,24)25)17(27)11-8-14-4-3-5-16(28-2)18(14)29-19(21)22/h3-11,19H,12H2,1-2H3/b11-8+. The van der Waals surface area contributed by atoms with E-state index in [4.69, 9.17) is 4.74 Å². The molecule has 0 aliphatic heterocycles. The summed E-state index contributed by atoms with van der Waals surface area (Å²) in [7, 11) is 2.76. The first-order chi connectivity index (χ1) is 13.6. The lowest BCUT2D eigenvalue weighted by Gasteiger charge is -2.16. The van der Waals surface area contributed by atoms with Crippen molar-refractivity contribution < 1.29 is 36.2 Å². The lowest BCUT2D eigenvalue weighted by atomic mass is 10.1. The van der Waals surface area contributed by atoms with Crippen molar-refractivity contribution in [3.8, 4) is 11.5 Å². The van der Waals surface area contributed by atoms with E-state index in [0.29, 0.717) is 5.56 Å². The van der Waals surface area contributed by atoms with Crippen molar-refractivity contribution >= 4 is 12.0 Å². The third kappa shape index (κ3) is 6.20. The van der Waals surface area contributed by atoms with Crippen LogP contribution in [0.4, 0.5) is 22.0 Å². The van der Waals surface area contributed by atoms with Crippen LogP contribution < -0.4 is 9.47 Å². The Balaban J connectivity index is 2.10. The summed E-state index contributed by atoms with van der Waals surface area (Å²) < 4.78 is 72.5. The summed E-state index contributed by atoms with van der Waals surface area (Å²) in [6.45, 7) is -3.00. The quantitative estimate of drug-likeness (QED) is 0.473. The molecule has 0 saturated carbocycles. The third-order valence-corrected chi connectivity index (χ3v) is 3.92. The fraction of sp³-hybridized carbons (Fsp3) is 0.250. The van der Waals surface area contributed by atoms with Crippen LogP contribution in [0.25, 0.3) is 6.08 Å². The summed E-state index contributed by atoms with van der Waals surface area (Å²) in [5.74, 6) is -0.604. The number of ether oxygens (including phenoxy) is 2. The molecular formula is C20H18F5NO3. The second-order valence-corrected chi connectivity index (χ2v) is 5.98. The highest BCUT2D eigenvalue weighted by Gasteiger charge is 2.29. The monoisotopic (exact) mass is 415 g/mol. The molecule has 29 heavy (non-hydrogen) atoms. The summed E-state index contributed by atoms with van der Waals surface area (Å²) in [6, 6.07) is 8.90. The minimum Gasteiger partial charge on any atom is -0.493 e. The van der Waals surface area contributed by atoms with E-state index in [1.54, 1.807) is 6.07 Å². The van der Waals surface area contributed by atoms with Crippen LogP contribution in [0.3, 0.4) is 0 Å². The van der Waals surface area contributed by atoms with E-state index in [0.717, 1.165) is 18.2 Å². The Kier molecular flexibility index (Phi) is 7.19. The Morgan fingerprint density at radius 2 is 1.79 bits per heavy atom. The number of likely N-dealkylation sites (N-methyl/N-ethyl adjacent to an activating group) is 1. The molecule has 2 aromatic rings. The number of para-hydroxylation sites is 1. The van der Waals surface area contributed by atoms with Crippen molar-refractivity contribution in [2.24, 2.45) is 0 Å². The highest BCUT2D eigenvalue weighted by Crippen LogP contribution is 2.33. The second-order valence-electron chi connectivity index (χ2n) is 5.98. The summed E-state index contributed by atoms with van der Waals surface area (Å²) in [5, 5.41) is 0. The summed E-state index contributed by atoms with van der Waals surface area (Å²) in [6.07, 6.45) is -1.99. The Morgan fingerprint density at radius 1 is 1.14 bits per heavy atom. The fourth-order valence-electron chi connectivity index (χ4n) is 2.48. The van der Waals surface area contributed by atoms with Crippen molar-refractivity contribution in [3.63, 3.8) is 0 Å². The number of halogens is 5. The number of methoxy groups -OCH3 is 1. The number of alkyl halides is 5. The first-order valence-electron chi connectivity index (χ1n) is 8.33. The number of carbonyl (C=O) groups excluding carboxylic acids is 1. The highest BCUT2D eigenvalue weighted by atomic mass is 19.4. The molecule has 0 aliphatic carbocycles. The molecule has 0 aromatic heterocycles. The maximum Gasteiger partial charge on any atom is 0.416 e. The minimum absolute atomic E-state index is 0.0693. The summed E-state index contributed by atoms with van der Waals surface area (Å²) in [4.78, 5) is 13.5. The van der Waals surface area contributed by atoms with E-state index in [1.165, 1.54) is 49.4 Å². The molecule has 2 rings (SSSR count). The molecule has 0 N–H and O–H groups in total. The van der Waals surface area contributed by atoms with Gasteiger partial charge in [-0.1, -0.05) is 24.3 Å². The smallest absolute Gasteiger partial charge is 0.416 e. The van der Waals surface area contributed by atoms with Crippen molar-refractivity contribution in [1.82, 2.24) is 4.90 Å². The van der Waals surface area contributed by atoms with Gasteiger partial charge in [0.05, 0.1) is 12.7 Å². The average molecular weight is 415 g/mol. The van der Waals surface area contributed by atoms with Crippen LogP contribution in [-0.2, 0) is 17.5 Å². The third-order valence-electron chi connectivity index (χ3n) is 3.92. The van der Waals surface area contributed by atoms with Crippen LogP contribution in [0.2, 0.25) is 0 Å². The number of amides is 1. The molecule has 0 unspecified atom stereocenters. The lowest BCUT2D eigenvalue weighted by molar-refractivity contribution is -0.137. The van der Waals surface area contributed by atoms with Gasteiger partial charge in [-0.25, -0.2) is 0 Å². The largest absolute Gasteiger partial charge is 0.493 e. The number of hydrogen-bond acceptors (Lipinski definition) is 3. The lowest BCUT2D eigenvalue weighted by Crippen LogP contribution is -2.24. The van der Waals surface area contributed by atoms with Crippen molar-refractivity contribution in [2.45, 2.75) is 19.3 Å². The Morgan fingerprint density at radius 3 is 2.34 bits per heavy atom. The Labute approximate surface area is 164 Å². The number of rotatable bonds is 7. The second kappa shape index (κ2) is 9.40. The molecule has 1 amide bonds. The molecule has 4 nitrogen and oxygen atoms in total. The van der Waals surface area contributed by atoms with Gasteiger partial charge in [0.1, 0.15) is 0 Å². The molecular weight excluding hydrogens is 397 g/mol. The normalized spacial score (nSPS) is 11.7. The molecule has 9 heteroatoms. The van der Waals surface area contributed by atoms with Gasteiger partial charge in [0, 0.05) is 25.2 Å². The zero-order valence-corrected chi connectivity index (χ0v) is 15.5. The predicted octanol–water partition coefficient (Wildman–Crippen LogP) is 4.99. The number of nitrogens with zero attached hydrogens (tertiary/aromatic N) is 1. The van der Waals surface area contributed by atoms with Gasteiger partial charge >= 0.3 is 12.8 Å². The van der Waals surface area contributed by atoms with Crippen LogP contribution in [0.15, 0.2) is 48.5 Å². The van der Waals surface area contributed by atoms with Gasteiger partial charge in [0.25, 0.3) is 0 Å². The molecule has 2 aromatic carbocycles.